The maximum absolute atomic E-state index is 15.3. The van der Waals surface area contributed by atoms with Gasteiger partial charge in [0.1, 0.15) is 17.3 Å². The smallest absolute Gasteiger partial charge is 0.242 e. The number of phenolic OH excluding ortho intramolecular Hbond substituents is 1. The Morgan fingerprint density at radius 2 is 1.53 bits per heavy atom. The first-order valence-electron chi connectivity index (χ1n) is 20.2. The number of hydrogen-bond acceptors (Lipinski definition) is 8. The van der Waals surface area contributed by atoms with E-state index < -0.39 is 35.0 Å². The Bertz CT molecular complexity index is 2840. The Labute approximate surface area is 356 Å². The number of allylic oxidation sites excluding steroid dienone is 2. The summed E-state index contributed by atoms with van der Waals surface area (Å²) in [5, 5.41) is 20.7. The molecule has 2 N–H and O–H groups in total. The van der Waals surface area contributed by atoms with Gasteiger partial charge in [0, 0.05) is 40.1 Å². The summed E-state index contributed by atoms with van der Waals surface area (Å²) in [7, 11) is 1.74. The summed E-state index contributed by atoms with van der Waals surface area (Å²) in [4.78, 5) is 62.8. The first kappa shape index (κ1) is 38.2. The lowest BCUT2D eigenvalue weighted by Gasteiger charge is -2.49. The number of aromatic hydroxyl groups is 1. The Hall–Kier alpha value is -6.04. The molecular formula is C48H42ClN5O5S. The molecule has 60 heavy (non-hydrogen) atoms. The number of phenols is 1. The summed E-state index contributed by atoms with van der Waals surface area (Å²) in [5.41, 5.74) is 5.60. The number of nitrogens with zero attached hydrogens (tertiary/aromatic N) is 4. The van der Waals surface area contributed by atoms with Gasteiger partial charge in [0.2, 0.25) is 23.6 Å². The minimum absolute atomic E-state index is 0.166. The molecule has 6 aromatic rings. The van der Waals surface area contributed by atoms with Crippen LogP contribution in [0.25, 0.3) is 20.7 Å². The third-order valence-electron chi connectivity index (χ3n) is 13.5. The molecule has 10 nitrogen and oxygen atoms in total. The lowest BCUT2D eigenvalue weighted by Crippen LogP contribution is -2.49. The molecule has 2 aromatic heterocycles. The number of anilines is 4. The van der Waals surface area contributed by atoms with Crippen LogP contribution in [0.3, 0.4) is 0 Å². The third-order valence-corrected chi connectivity index (χ3v) is 15.1. The number of thiophene rings is 1. The zero-order valence-electron chi connectivity index (χ0n) is 33.7. The van der Waals surface area contributed by atoms with E-state index >= 15 is 9.59 Å². The lowest BCUT2D eigenvalue weighted by molar-refractivity contribution is -0.131. The number of rotatable bonds is 6. The van der Waals surface area contributed by atoms with Gasteiger partial charge in [0.15, 0.2) is 0 Å². The molecular weight excluding hydrogens is 794 g/mol. The van der Waals surface area contributed by atoms with Crippen LogP contribution in [-0.4, -0.2) is 38.5 Å². The van der Waals surface area contributed by atoms with Crippen molar-refractivity contribution in [2.24, 2.45) is 36.1 Å². The first-order chi connectivity index (χ1) is 28.8. The van der Waals surface area contributed by atoms with E-state index in [4.69, 9.17) is 16.7 Å². The van der Waals surface area contributed by atoms with Crippen LogP contribution in [-0.2, 0) is 26.2 Å². The van der Waals surface area contributed by atoms with Crippen molar-refractivity contribution in [3.63, 3.8) is 0 Å². The second-order valence-electron chi connectivity index (χ2n) is 16.9. The van der Waals surface area contributed by atoms with E-state index in [0.717, 1.165) is 43.0 Å². The lowest BCUT2D eigenvalue weighted by atomic mass is 9.51. The molecule has 1 saturated carbocycles. The van der Waals surface area contributed by atoms with Gasteiger partial charge >= 0.3 is 0 Å². The molecule has 0 spiro atoms. The fraction of sp³-hybridized carbons (Fsp3) is 0.271. The third kappa shape index (κ3) is 5.55. The number of hydrogen-bond donors (Lipinski definition) is 2. The van der Waals surface area contributed by atoms with Crippen LogP contribution in [0.5, 0.6) is 5.75 Å². The second-order valence-corrected chi connectivity index (χ2v) is 18.4. The molecule has 2 saturated heterocycles. The van der Waals surface area contributed by atoms with Crippen molar-refractivity contribution in [3.05, 3.63) is 130 Å². The van der Waals surface area contributed by atoms with Crippen LogP contribution in [0.1, 0.15) is 47.9 Å². The number of amides is 4. The van der Waals surface area contributed by atoms with E-state index in [0.29, 0.717) is 39.8 Å². The predicted octanol–water partition coefficient (Wildman–Crippen LogP) is 9.76. The fourth-order valence-corrected chi connectivity index (χ4v) is 11.9. The van der Waals surface area contributed by atoms with Crippen molar-refractivity contribution >= 4 is 79.5 Å². The van der Waals surface area contributed by atoms with Crippen molar-refractivity contribution < 1.29 is 24.3 Å². The molecule has 4 aromatic carbocycles. The summed E-state index contributed by atoms with van der Waals surface area (Å²) in [6.45, 7) is 7.54. The normalized spacial score (nSPS) is 24.8. The highest BCUT2D eigenvalue weighted by atomic mass is 35.5. The predicted molar refractivity (Wildman–Crippen MR) is 235 cm³/mol. The van der Waals surface area contributed by atoms with E-state index in [9.17, 15) is 14.7 Å². The molecule has 2 aliphatic carbocycles. The zero-order chi connectivity index (χ0) is 41.9. The molecule has 3 fully saturated rings. The number of aryl methyl sites for hydroxylation is 4. The average Bonchev–Trinajstić information content (AvgIpc) is 3.90. The maximum Gasteiger partial charge on any atom is 0.242 e. The monoisotopic (exact) mass is 835 g/mol. The maximum atomic E-state index is 15.3. The summed E-state index contributed by atoms with van der Waals surface area (Å²) < 4.78 is 2.64. The Kier molecular flexibility index (Phi) is 8.75. The molecule has 4 heterocycles. The molecule has 4 amide bonds. The number of aromatic nitrogens is 2. The van der Waals surface area contributed by atoms with Gasteiger partial charge in [-0.15, -0.1) is 11.3 Å². The van der Waals surface area contributed by atoms with Crippen LogP contribution in [0.4, 0.5) is 22.9 Å². The minimum Gasteiger partial charge on any atom is -0.507 e. The van der Waals surface area contributed by atoms with E-state index in [-0.39, 0.29) is 35.8 Å². The number of fused-ring (bicyclic) bond motifs is 5. The fourth-order valence-electron chi connectivity index (χ4n) is 10.6. The van der Waals surface area contributed by atoms with Gasteiger partial charge in [0.25, 0.3) is 0 Å². The van der Waals surface area contributed by atoms with Gasteiger partial charge in [-0.1, -0.05) is 53.6 Å². The van der Waals surface area contributed by atoms with Crippen molar-refractivity contribution in [2.45, 2.75) is 46.5 Å². The average molecular weight is 836 g/mol. The highest BCUT2D eigenvalue weighted by Gasteiger charge is 2.68. The second kappa shape index (κ2) is 13.8. The molecule has 0 bridgehead atoms. The van der Waals surface area contributed by atoms with E-state index in [2.05, 4.69) is 11.4 Å². The number of para-hydroxylation sites is 1. The molecule has 12 heteroatoms. The van der Waals surface area contributed by atoms with Crippen LogP contribution in [0.15, 0.2) is 103 Å². The van der Waals surface area contributed by atoms with Crippen LogP contribution < -0.4 is 15.1 Å². The topological polar surface area (TPSA) is 125 Å². The summed E-state index contributed by atoms with van der Waals surface area (Å²) in [5.74, 6) is -3.95. The summed E-state index contributed by atoms with van der Waals surface area (Å²) >= 11 is 7.93. The van der Waals surface area contributed by atoms with Crippen molar-refractivity contribution in [1.29, 1.82) is 0 Å². The van der Waals surface area contributed by atoms with Crippen molar-refractivity contribution in [3.8, 4) is 16.3 Å². The van der Waals surface area contributed by atoms with Gasteiger partial charge in [-0.05, 0) is 129 Å². The molecule has 6 atom stereocenters. The molecule has 0 unspecified atom stereocenters. The number of nitrogens with one attached hydrogen (secondary N) is 1. The van der Waals surface area contributed by atoms with Crippen LogP contribution in [0, 0.1) is 49.9 Å². The van der Waals surface area contributed by atoms with Gasteiger partial charge in [-0.2, -0.15) is 5.10 Å². The molecule has 302 valence electrons. The number of carbonyl (C=O) groups excluding carboxylic acids is 4. The zero-order valence-corrected chi connectivity index (χ0v) is 35.3. The number of halogens is 1. The standard InChI is InChI=1S/C48H42ClN5O5S/c1-24-19-27(20-25(2)42(24)55)41-32-16-17-33-40(46(58)53(44(33)56)31-14-12-30(13-15-31)50-29-9-7-6-8-10-29)35(32)22-36-45(57)54(47(59)48(36,41)4)39-23-37(51-52(39)5)43-26(3)34-21-28(49)11-18-38(34)60-43/h6-16,18-21,23,33,35-36,40-41,50,55H,17,22H2,1-5H3/t33-,35+,36-,40-,41-,48+/m0/s1. The van der Waals surface area contributed by atoms with Crippen LogP contribution in [0.2, 0.25) is 5.02 Å². The number of carbonyl (C=O) groups is 4. The highest BCUT2D eigenvalue weighted by molar-refractivity contribution is 7.22. The van der Waals surface area contributed by atoms with Crippen LogP contribution >= 0.6 is 22.9 Å². The molecule has 10 rings (SSSR count). The van der Waals surface area contributed by atoms with E-state index in [1.807, 2.05) is 100 Å². The van der Waals surface area contributed by atoms with Gasteiger partial charge in [-0.25, -0.2) is 4.90 Å². The van der Waals surface area contributed by atoms with Crippen molar-refractivity contribution in [1.82, 2.24) is 9.78 Å². The van der Waals surface area contributed by atoms with Crippen molar-refractivity contribution in [2.75, 3.05) is 15.1 Å². The Balaban J connectivity index is 1.04. The van der Waals surface area contributed by atoms with Gasteiger partial charge < -0.3 is 10.4 Å². The number of imide groups is 2. The Morgan fingerprint density at radius 1 is 0.833 bits per heavy atom. The minimum atomic E-state index is -1.25. The summed E-state index contributed by atoms with van der Waals surface area (Å²) in [6, 6.07) is 28.4. The molecule has 0 radical (unpaired) electrons. The number of benzene rings is 4. The SMILES string of the molecule is Cc1cc([C@H]2C3=CC[C@@H]4C(=O)N(c5ccc(Nc6ccccc6)cc5)C(=O)[C@@H]4[C@@H]3C[C@H]3C(=O)N(c4cc(-c5sc6ccc(Cl)cc6c5C)nn4C)C(=O)[C@@]23C)cc(C)c1O. The van der Waals surface area contributed by atoms with Gasteiger partial charge in [0.05, 0.1) is 33.7 Å². The largest absolute Gasteiger partial charge is 0.507 e. The molecule has 2 aliphatic heterocycles. The van der Waals surface area contributed by atoms with E-state index in [1.165, 1.54) is 9.80 Å². The quantitative estimate of drug-likeness (QED) is 0.126. The first-order valence-corrected chi connectivity index (χ1v) is 21.4. The highest BCUT2D eigenvalue weighted by Crippen LogP contribution is 2.64. The Morgan fingerprint density at radius 3 is 2.25 bits per heavy atom. The molecule has 4 aliphatic rings. The van der Waals surface area contributed by atoms with Gasteiger partial charge in [-0.3, -0.25) is 28.8 Å². The summed E-state index contributed by atoms with van der Waals surface area (Å²) in [6.07, 6.45) is 2.61. The van der Waals surface area contributed by atoms with E-state index in [1.54, 1.807) is 41.3 Å².